The molecule has 0 bridgehead atoms. The molecule has 0 amide bonds. The highest BCUT2D eigenvalue weighted by Crippen LogP contribution is 2.31. The molecule has 0 aliphatic carbocycles. The molecule has 0 aliphatic heterocycles. The van der Waals surface area contributed by atoms with E-state index in [1.54, 1.807) is 29.3 Å². The maximum Gasteiger partial charge on any atom is 0.0822 e. The highest BCUT2D eigenvalue weighted by Gasteiger charge is 2.01. The summed E-state index contributed by atoms with van der Waals surface area (Å²) in [5.41, 5.74) is 1.04. The SMILES string of the molecule is CSc1cc2ncc(Cl)cc2s1. The predicted molar refractivity (Wildman–Crippen MR) is 56.4 cm³/mol. The molecule has 2 rings (SSSR count). The number of rotatable bonds is 1. The Morgan fingerprint density at radius 1 is 1.50 bits per heavy atom. The van der Waals surface area contributed by atoms with Crippen molar-refractivity contribution in [3.05, 3.63) is 23.4 Å². The molecule has 12 heavy (non-hydrogen) atoms. The van der Waals surface area contributed by atoms with Crippen LogP contribution in [0.15, 0.2) is 22.5 Å². The number of aromatic nitrogens is 1. The fourth-order valence-corrected chi connectivity index (χ4v) is 2.82. The fourth-order valence-electron chi connectivity index (χ4n) is 0.971. The predicted octanol–water partition coefficient (Wildman–Crippen LogP) is 3.67. The number of pyridine rings is 1. The molecule has 0 atom stereocenters. The monoisotopic (exact) mass is 215 g/mol. The van der Waals surface area contributed by atoms with Crippen molar-refractivity contribution in [1.82, 2.24) is 4.98 Å². The van der Waals surface area contributed by atoms with Crippen molar-refractivity contribution >= 4 is 44.9 Å². The van der Waals surface area contributed by atoms with Gasteiger partial charge in [-0.3, -0.25) is 4.98 Å². The van der Waals surface area contributed by atoms with Crippen molar-refractivity contribution in [2.24, 2.45) is 0 Å². The van der Waals surface area contributed by atoms with Gasteiger partial charge in [-0.1, -0.05) is 11.6 Å². The van der Waals surface area contributed by atoms with E-state index in [0.717, 1.165) is 10.2 Å². The quantitative estimate of drug-likeness (QED) is 0.674. The van der Waals surface area contributed by atoms with Crippen LogP contribution in [0, 0.1) is 0 Å². The van der Waals surface area contributed by atoms with Gasteiger partial charge < -0.3 is 0 Å². The molecule has 0 spiro atoms. The van der Waals surface area contributed by atoms with Gasteiger partial charge in [0.25, 0.3) is 0 Å². The Balaban J connectivity index is 2.67. The Morgan fingerprint density at radius 2 is 2.33 bits per heavy atom. The summed E-state index contributed by atoms with van der Waals surface area (Å²) >= 11 is 9.27. The zero-order valence-electron chi connectivity index (χ0n) is 6.37. The lowest BCUT2D eigenvalue weighted by molar-refractivity contribution is 1.42. The number of nitrogens with zero attached hydrogens (tertiary/aromatic N) is 1. The minimum absolute atomic E-state index is 0.706. The third-order valence-corrected chi connectivity index (χ3v) is 3.86. The van der Waals surface area contributed by atoms with Crippen LogP contribution in [0.1, 0.15) is 0 Å². The topological polar surface area (TPSA) is 12.9 Å². The standard InChI is InChI=1S/C8H6ClNS2/c1-11-8-3-6-7(12-8)2-5(9)4-10-6/h2-4H,1H3. The number of thiophene rings is 1. The molecular weight excluding hydrogens is 210 g/mol. The smallest absolute Gasteiger partial charge is 0.0822 e. The summed E-state index contributed by atoms with van der Waals surface area (Å²) in [6.07, 6.45) is 3.74. The molecule has 0 saturated carbocycles. The minimum Gasteiger partial charge on any atom is -0.254 e. The van der Waals surface area contributed by atoms with Crippen LogP contribution in [0.2, 0.25) is 5.02 Å². The molecule has 0 radical (unpaired) electrons. The number of thioether (sulfide) groups is 1. The molecule has 2 heterocycles. The molecule has 0 aromatic carbocycles. The van der Waals surface area contributed by atoms with E-state index >= 15 is 0 Å². The molecular formula is C8H6ClNS2. The Hall–Kier alpha value is -0.250. The van der Waals surface area contributed by atoms with E-state index in [1.165, 1.54) is 4.21 Å². The van der Waals surface area contributed by atoms with Crippen LogP contribution in [0.5, 0.6) is 0 Å². The van der Waals surface area contributed by atoms with Gasteiger partial charge in [-0.15, -0.1) is 23.1 Å². The Labute approximate surface area is 83.8 Å². The highest BCUT2D eigenvalue weighted by molar-refractivity contribution is 8.00. The third kappa shape index (κ3) is 1.44. The second kappa shape index (κ2) is 3.24. The zero-order valence-corrected chi connectivity index (χ0v) is 8.76. The second-order valence-corrected chi connectivity index (χ2v) is 4.93. The number of halogens is 1. The molecule has 0 fully saturated rings. The summed E-state index contributed by atoms with van der Waals surface area (Å²) in [6.45, 7) is 0. The van der Waals surface area contributed by atoms with Gasteiger partial charge >= 0.3 is 0 Å². The maximum absolute atomic E-state index is 5.81. The maximum atomic E-state index is 5.81. The zero-order chi connectivity index (χ0) is 8.55. The first-order chi connectivity index (χ1) is 5.79. The number of hydrogen-bond acceptors (Lipinski definition) is 3. The molecule has 0 saturated heterocycles. The minimum atomic E-state index is 0.706. The van der Waals surface area contributed by atoms with Crippen molar-refractivity contribution in [2.45, 2.75) is 4.21 Å². The van der Waals surface area contributed by atoms with Gasteiger partial charge in [-0.25, -0.2) is 0 Å². The van der Waals surface area contributed by atoms with Crippen LogP contribution in [0.25, 0.3) is 10.2 Å². The van der Waals surface area contributed by atoms with Gasteiger partial charge in [0.1, 0.15) is 0 Å². The Kier molecular flexibility index (Phi) is 2.26. The summed E-state index contributed by atoms with van der Waals surface area (Å²) in [5.74, 6) is 0. The van der Waals surface area contributed by atoms with E-state index in [1.807, 2.05) is 6.07 Å². The Bertz CT molecular complexity index is 410. The molecule has 1 nitrogen and oxygen atoms in total. The van der Waals surface area contributed by atoms with Crippen LogP contribution in [0.4, 0.5) is 0 Å². The molecule has 4 heteroatoms. The molecule has 2 aromatic heterocycles. The lowest BCUT2D eigenvalue weighted by atomic mass is 10.4. The van der Waals surface area contributed by atoms with Gasteiger partial charge in [0.05, 0.1) is 19.4 Å². The third-order valence-electron chi connectivity index (χ3n) is 1.51. The van der Waals surface area contributed by atoms with E-state index < -0.39 is 0 Å². The van der Waals surface area contributed by atoms with Crippen LogP contribution in [-0.2, 0) is 0 Å². The first-order valence-electron chi connectivity index (χ1n) is 3.38. The van der Waals surface area contributed by atoms with Gasteiger partial charge in [0.15, 0.2) is 0 Å². The van der Waals surface area contributed by atoms with Crippen molar-refractivity contribution in [1.29, 1.82) is 0 Å². The van der Waals surface area contributed by atoms with Crippen molar-refractivity contribution < 1.29 is 0 Å². The molecule has 0 unspecified atom stereocenters. The first-order valence-corrected chi connectivity index (χ1v) is 5.80. The largest absolute Gasteiger partial charge is 0.254 e. The highest BCUT2D eigenvalue weighted by atomic mass is 35.5. The van der Waals surface area contributed by atoms with Gasteiger partial charge in [0.2, 0.25) is 0 Å². The van der Waals surface area contributed by atoms with Gasteiger partial charge in [0, 0.05) is 6.20 Å². The van der Waals surface area contributed by atoms with Crippen molar-refractivity contribution in [3.63, 3.8) is 0 Å². The second-order valence-electron chi connectivity index (χ2n) is 2.31. The molecule has 62 valence electrons. The summed E-state index contributed by atoms with van der Waals surface area (Å²) in [7, 11) is 0. The van der Waals surface area contributed by atoms with E-state index in [4.69, 9.17) is 11.6 Å². The first kappa shape index (κ1) is 8.35. The summed E-state index contributed by atoms with van der Waals surface area (Å²) in [5, 5.41) is 0.706. The van der Waals surface area contributed by atoms with Crippen LogP contribution in [-0.4, -0.2) is 11.2 Å². The van der Waals surface area contributed by atoms with Crippen molar-refractivity contribution in [2.75, 3.05) is 6.26 Å². The van der Waals surface area contributed by atoms with E-state index in [-0.39, 0.29) is 0 Å². The molecule has 0 aliphatic rings. The lowest BCUT2D eigenvalue weighted by Gasteiger charge is -1.87. The Morgan fingerprint density at radius 3 is 3.08 bits per heavy atom. The number of hydrogen-bond donors (Lipinski definition) is 0. The summed E-state index contributed by atoms with van der Waals surface area (Å²) in [4.78, 5) is 4.21. The average Bonchev–Trinajstić information content (AvgIpc) is 2.46. The van der Waals surface area contributed by atoms with Gasteiger partial charge in [-0.05, 0) is 18.4 Å². The van der Waals surface area contributed by atoms with E-state index in [0.29, 0.717) is 5.02 Å². The average molecular weight is 216 g/mol. The van der Waals surface area contributed by atoms with Crippen LogP contribution < -0.4 is 0 Å². The van der Waals surface area contributed by atoms with Crippen LogP contribution in [0.3, 0.4) is 0 Å². The lowest BCUT2D eigenvalue weighted by Crippen LogP contribution is -1.69. The molecule has 0 N–H and O–H groups in total. The van der Waals surface area contributed by atoms with Crippen molar-refractivity contribution in [3.8, 4) is 0 Å². The number of fused-ring (bicyclic) bond motifs is 1. The summed E-state index contributed by atoms with van der Waals surface area (Å²) < 4.78 is 2.44. The van der Waals surface area contributed by atoms with E-state index in [2.05, 4.69) is 17.3 Å². The van der Waals surface area contributed by atoms with E-state index in [9.17, 15) is 0 Å². The summed E-state index contributed by atoms with van der Waals surface area (Å²) in [6, 6.07) is 4.04. The molecule has 2 aromatic rings. The fraction of sp³-hybridized carbons (Fsp3) is 0.125. The normalized spacial score (nSPS) is 10.8. The van der Waals surface area contributed by atoms with Gasteiger partial charge in [-0.2, -0.15) is 0 Å². The van der Waals surface area contributed by atoms with Crippen LogP contribution >= 0.6 is 34.7 Å².